The van der Waals surface area contributed by atoms with Gasteiger partial charge >= 0.3 is 23.9 Å². The molecule has 2 aromatic rings. The molecule has 2 aromatic carbocycles. The van der Waals surface area contributed by atoms with Crippen molar-refractivity contribution >= 4 is 35.8 Å². The van der Waals surface area contributed by atoms with Crippen LogP contribution in [-0.2, 0) is 9.59 Å². The molecule has 0 atom stereocenters. The van der Waals surface area contributed by atoms with Gasteiger partial charge in [-0.1, -0.05) is 12.1 Å². The molecule has 0 unspecified atom stereocenters. The van der Waals surface area contributed by atoms with Crippen molar-refractivity contribution in [3.63, 3.8) is 0 Å². The van der Waals surface area contributed by atoms with Crippen molar-refractivity contribution in [2.45, 2.75) is 0 Å². The first-order valence-electron chi connectivity index (χ1n) is 6.68. The van der Waals surface area contributed by atoms with Crippen LogP contribution in [0.2, 0.25) is 0 Å². The van der Waals surface area contributed by atoms with Crippen LogP contribution in [-0.4, -0.2) is 48.9 Å². The summed E-state index contributed by atoms with van der Waals surface area (Å²) in [5.41, 5.74) is 2.14. The quantitative estimate of drug-likeness (QED) is 0.512. The Balaban J connectivity index is 0. The smallest absolute Gasteiger partial charge is 0.653 e. The molecule has 124 valence electrons. The van der Waals surface area contributed by atoms with Gasteiger partial charge in [0.15, 0.2) is 0 Å². The molecule has 0 aliphatic carbocycles. The van der Waals surface area contributed by atoms with Crippen LogP contribution in [0, 0.1) is 13.8 Å². The number of nitrogens with zero attached hydrogens (tertiary/aromatic N) is 1. The Hall–Kier alpha value is -2.12. The Morgan fingerprint density at radius 1 is 0.750 bits per heavy atom. The molecule has 0 aromatic heterocycles. The molecule has 24 heavy (non-hydrogen) atoms. The zero-order chi connectivity index (χ0) is 17.5. The largest absolute Gasteiger partial charge is 4.00 e. The molecule has 0 fully saturated rings. The van der Waals surface area contributed by atoms with Gasteiger partial charge in [-0.05, 0) is 0 Å². The Kier molecular flexibility index (Phi) is 15.9. The molecule has 0 amide bonds. The normalized spacial score (nSPS) is 8.33. The van der Waals surface area contributed by atoms with Gasteiger partial charge in [-0.25, -0.2) is 0 Å². The van der Waals surface area contributed by atoms with Crippen molar-refractivity contribution in [3.8, 4) is 0 Å². The number of hydrogen-bond donors (Lipinski definition) is 0. The van der Waals surface area contributed by atoms with Crippen molar-refractivity contribution in [1.82, 2.24) is 0 Å². The second kappa shape index (κ2) is 15.8. The van der Waals surface area contributed by atoms with Gasteiger partial charge in [-0.15, -0.1) is 37.4 Å². The molecule has 0 saturated carbocycles. The van der Waals surface area contributed by atoms with E-state index < -0.39 is 25.0 Å². The van der Waals surface area contributed by atoms with E-state index in [1.807, 2.05) is 60.7 Å². The fraction of sp³-hybridized carbons (Fsp3) is 0.111. The number of carbonyl (C=O) groups excluding carboxylic acids is 2. The Bertz CT molecular complexity index is 510. The SMILES string of the molecule is O=C([O-])C[N-]CC(=O)[O-].[CH2-]c1ccccc1.[CH2-]c1ccccc1.[Sn+4]. The monoisotopic (exact) mass is 432 g/mol. The first-order chi connectivity index (χ1) is 10.9. The fourth-order valence-electron chi connectivity index (χ4n) is 1.19. The summed E-state index contributed by atoms with van der Waals surface area (Å²) in [5, 5.41) is 22.2. The van der Waals surface area contributed by atoms with E-state index in [2.05, 4.69) is 19.2 Å². The molecule has 0 radical (unpaired) electrons. The molecule has 0 aliphatic rings. The summed E-state index contributed by atoms with van der Waals surface area (Å²) >= 11 is 0. The summed E-state index contributed by atoms with van der Waals surface area (Å²) < 4.78 is 0. The van der Waals surface area contributed by atoms with E-state index in [4.69, 9.17) is 0 Å². The number of carboxylic acid groups (broad SMARTS) is 2. The minimum Gasteiger partial charge on any atom is -0.653 e. The molecule has 0 aliphatic heterocycles. The molecule has 2 rings (SSSR count). The standard InChI is InChI=1S/2C7H7.C4H6NO4.Sn/c2*1-7-5-3-2-4-6-7;6-3(7)1-5-2-4(8)9;/h2*2-6H,1H2;1-2H2,(H,6,7)(H,8,9);/q3*-1;+4/p-2. The molecule has 0 N–H and O–H groups in total. The van der Waals surface area contributed by atoms with E-state index in [1.165, 1.54) is 0 Å². The van der Waals surface area contributed by atoms with Crippen LogP contribution >= 0.6 is 0 Å². The van der Waals surface area contributed by atoms with Gasteiger partial charge in [0, 0.05) is 11.9 Å². The van der Waals surface area contributed by atoms with Crippen molar-refractivity contribution < 1.29 is 19.8 Å². The zero-order valence-electron chi connectivity index (χ0n) is 13.2. The molecule has 0 spiro atoms. The summed E-state index contributed by atoms with van der Waals surface area (Å²) in [7, 11) is 0. The van der Waals surface area contributed by atoms with Gasteiger partial charge in [0.25, 0.3) is 0 Å². The van der Waals surface area contributed by atoms with Gasteiger partial charge in [0.1, 0.15) is 0 Å². The predicted molar refractivity (Wildman–Crippen MR) is 90.7 cm³/mol. The molecular formula is C18H18NO4Sn-. The van der Waals surface area contributed by atoms with Crippen LogP contribution in [0.3, 0.4) is 0 Å². The van der Waals surface area contributed by atoms with Gasteiger partial charge in [-0.3, -0.25) is 0 Å². The van der Waals surface area contributed by atoms with E-state index in [0.717, 1.165) is 11.1 Å². The molecule has 5 nitrogen and oxygen atoms in total. The first-order valence-corrected chi connectivity index (χ1v) is 6.68. The Morgan fingerprint density at radius 2 is 1.04 bits per heavy atom. The second-order valence-corrected chi connectivity index (χ2v) is 4.26. The van der Waals surface area contributed by atoms with E-state index in [0.29, 0.717) is 0 Å². The predicted octanol–water partition coefficient (Wildman–Crippen LogP) is 0.217. The van der Waals surface area contributed by atoms with Gasteiger partial charge < -0.3 is 25.1 Å². The van der Waals surface area contributed by atoms with Gasteiger partial charge in [-0.2, -0.15) is 49.2 Å². The van der Waals surface area contributed by atoms with Crippen LogP contribution < -0.4 is 10.2 Å². The van der Waals surface area contributed by atoms with Crippen LogP contribution in [0.4, 0.5) is 0 Å². The molecule has 0 saturated heterocycles. The van der Waals surface area contributed by atoms with Crippen molar-refractivity contribution in [2.75, 3.05) is 13.1 Å². The van der Waals surface area contributed by atoms with Crippen LogP contribution in [0.15, 0.2) is 60.7 Å². The maximum Gasteiger partial charge on any atom is 4.00 e. The van der Waals surface area contributed by atoms with Crippen LogP contribution in [0.1, 0.15) is 11.1 Å². The summed E-state index contributed by atoms with van der Waals surface area (Å²) in [6, 6.07) is 19.7. The van der Waals surface area contributed by atoms with Crippen molar-refractivity contribution in [1.29, 1.82) is 0 Å². The number of benzene rings is 2. The molecule has 0 bridgehead atoms. The van der Waals surface area contributed by atoms with Gasteiger partial charge in [0.05, 0.1) is 0 Å². The number of hydrogen-bond acceptors (Lipinski definition) is 4. The minimum atomic E-state index is -1.39. The average molecular weight is 431 g/mol. The van der Waals surface area contributed by atoms with E-state index >= 15 is 0 Å². The maximum absolute atomic E-state index is 9.56. The average Bonchev–Trinajstić information content (AvgIpc) is 2.49. The number of rotatable bonds is 4. The third-order valence-electron chi connectivity index (χ3n) is 2.17. The number of carbonyl (C=O) groups is 2. The summed E-state index contributed by atoms with van der Waals surface area (Å²) in [6.45, 7) is 6.26. The van der Waals surface area contributed by atoms with Crippen LogP contribution in [0.5, 0.6) is 0 Å². The van der Waals surface area contributed by atoms with Gasteiger partial charge in [0.2, 0.25) is 0 Å². The number of carboxylic acids is 2. The zero-order valence-corrected chi connectivity index (χ0v) is 16.0. The maximum atomic E-state index is 9.56. The second-order valence-electron chi connectivity index (χ2n) is 4.26. The van der Waals surface area contributed by atoms with Crippen molar-refractivity contribution in [2.24, 2.45) is 0 Å². The Labute approximate surface area is 159 Å². The first kappa shape index (κ1) is 24.1. The summed E-state index contributed by atoms with van der Waals surface area (Å²) in [6.07, 6.45) is 0. The van der Waals surface area contributed by atoms with E-state index in [9.17, 15) is 19.8 Å². The topological polar surface area (TPSA) is 94.4 Å². The fourth-order valence-corrected chi connectivity index (χ4v) is 1.19. The van der Waals surface area contributed by atoms with E-state index in [1.54, 1.807) is 0 Å². The van der Waals surface area contributed by atoms with E-state index in [-0.39, 0.29) is 23.9 Å². The minimum absolute atomic E-state index is 0. The molecule has 6 heteroatoms. The third-order valence-corrected chi connectivity index (χ3v) is 2.17. The third kappa shape index (κ3) is 17.9. The molecular weight excluding hydrogens is 413 g/mol. The summed E-state index contributed by atoms with van der Waals surface area (Å²) in [4.78, 5) is 19.1. The summed E-state index contributed by atoms with van der Waals surface area (Å²) in [5.74, 6) is -2.78. The van der Waals surface area contributed by atoms with Crippen molar-refractivity contribution in [3.05, 3.63) is 91.0 Å². The number of aliphatic carboxylic acids is 2. The molecule has 0 heterocycles. The Morgan fingerprint density at radius 3 is 1.21 bits per heavy atom. The van der Waals surface area contributed by atoms with Crippen LogP contribution in [0.25, 0.3) is 5.32 Å².